The van der Waals surface area contributed by atoms with Gasteiger partial charge in [-0.15, -0.1) is 0 Å². The zero-order valence-electron chi connectivity index (χ0n) is 11.4. The van der Waals surface area contributed by atoms with Crippen LogP contribution in [0.15, 0.2) is 15.8 Å². The van der Waals surface area contributed by atoms with Crippen LogP contribution < -0.4 is 11.2 Å². The van der Waals surface area contributed by atoms with Crippen molar-refractivity contribution >= 4 is 0 Å². The average molecular weight is 296 g/mol. The number of H-pyrrole nitrogens is 1. The minimum Gasteiger partial charge on any atom is -0.393 e. The molecule has 3 N–H and O–H groups in total. The first-order valence-corrected chi connectivity index (χ1v) is 6.91. The molecule has 3 aliphatic rings. The highest BCUT2D eigenvalue weighted by Crippen LogP contribution is 2.63. The zero-order chi connectivity index (χ0) is 15.0. The number of fused-ring (bicyclic) bond motifs is 3. The summed E-state index contributed by atoms with van der Waals surface area (Å²) < 4.78 is 12.9. The second-order valence-corrected chi connectivity index (χ2v) is 6.06. The molecule has 2 saturated heterocycles. The van der Waals surface area contributed by atoms with Crippen molar-refractivity contribution in [3.8, 4) is 0 Å². The first kappa shape index (κ1) is 13.2. The van der Waals surface area contributed by atoms with E-state index >= 15 is 0 Å². The lowest BCUT2D eigenvalue weighted by molar-refractivity contribution is -0.235. The molecule has 3 heterocycles. The number of aryl methyl sites for hydroxylation is 1. The molecule has 1 aliphatic carbocycles. The Balaban J connectivity index is 1.79. The third-order valence-corrected chi connectivity index (χ3v) is 4.89. The molecular weight excluding hydrogens is 280 g/mol. The number of ether oxygens (including phenoxy) is 2. The lowest BCUT2D eigenvalue weighted by Crippen LogP contribution is -2.53. The molecule has 4 rings (SSSR count). The molecule has 3 fully saturated rings. The lowest BCUT2D eigenvalue weighted by Gasteiger charge is -2.36. The van der Waals surface area contributed by atoms with Crippen LogP contribution in [0.1, 0.15) is 24.6 Å². The standard InChI is InChI=1S/C13H16N2O6/c1-6-4-15(11(19)14-9(6)18)10-7-8(17)13(5-16,21-10)12(20-7)2-3-12/h4,7-8,10,16-17H,2-3,5H2,1H3,(H,14,18,19)/t7?,8-,10-,13-/m1/s1. The van der Waals surface area contributed by atoms with Crippen molar-refractivity contribution in [1.82, 2.24) is 9.55 Å². The normalized spacial score (nSPS) is 39.1. The van der Waals surface area contributed by atoms with E-state index in [1.54, 1.807) is 6.92 Å². The SMILES string of the molecule is Cc1cn([C@@H]2O[C@]3(CO)[C@H](O)C2OC32CC2)c(=O)[nH]c1=O. The first-order chi connectivity index (χ1) is 9.94. The van der Waals surface area contributed by atoms with E-state index in [9.17, 15) is 19.8 Å². The quantitative estimate of drug-likeness (QED) is 0.605. The van der Waals surface area contributed by atoms with E-state index in [2.05, 4.69) is 4.98 Å². The summed E-state index contributed by atoms with van der Waals surface area (Å²) in [5.74, 6) is 0. The summed E-state index contributed by atoms with van der Waals surface area (Å²) in [6.07, 6.45) is 0.215. The molecule has 21 heavy (non-hydrogen) atoms. The molecule has 0 amide bonds. The minimum absolute atomic E-state index is 0.356. The Bertz CT molecular complexity index is 720. The molecule has 8 heteroatoms. The van der Waals surface area contributed by atoms with Gasteiger partial charge in [-0.3, -0.25) is 14.3 Å². The molecular formula is C13H16N2O6. The molecule has 2 bridgehead atoms. The predicted octanol–water partition coefficient (Wildman–Crippen LogP) is -1.60. The fourth-order valence-electron chi connectivity index (χ4n) is 3.55. The summed E-state index contributed by atoms with van der Waals surface area (Å²) in [4.78, 5) is 25.6. The number of aliphatic hydroxyl groups excluding tert-OH is 2. The third kappa shape index (κ3) is 1.43. The van der Waals surface area contributed by atoms with Crippen LogP contribution in [0, 0.1) is 6.92 Å². The zero-order valence-corrected chi connectivity index (χ0v) is 11.4. The van der Waals surface area contributed by atoms with Gasteiger partial charge >= 0.3 is 5.69 Å². The van der Waals surface area contributed by atoms with E-state index in [1.807, 2.05) is 0 Å². The van der Waals surface area contributed by atoms with Gasteiger partial charge in [0.05, 0.1) is 6.61 Å². The second-order valence-electron chi connectivity index (χ2n) is 6.06. The van der Waals surface area contributed by atoms with E-state index in [0.29, 0.717) is 18.4 Å². The van der Waals surface area contributed by atoms with Crippen molar-refractivity contribution in [2.75, 3.05) is 6.61 Å². The van der Waals surface area contributed by atoms with Gasteiger partial charge < -0.3 is 19.7 Å². The highest BCUT2D eigenvalue weighted by atomic mass is 16.7. The molecule has 1 spiro atoms. The molecule has 4 atom stereocenters. The number of hydrogen-bond donors (Lipinski definition) is 3. The second kappa shape index (κ2) is 3.83. The number of nitrogens with one attached hydrogen (secondary N) is 1. The summed E-state index contributed by atoms with van der Waals surface area (Å²) >= 11 is 0. The van der Waals surface area contributed by atoms with Gasteiger partial charge in [-0.1, -0.05) is 0 Å². The predicted molar refractivity (Wildman–Crippen MR) is 68.8 cm³/mol. The van der Waals surface area contributed by atoms with Crippen molar-refractivity contribution in [3.63, 3.8) is 0 Å². The average Bonchev–Trinajstić information content (AvgIpc) is 3.12. The van der Waals surface area contributed by atoms with E-state index in [0.717, 1.165) is 0 Å². The Hall–Kier alpha value is -1.48. The van der Waals surface area contributed by atoms with Gasteiger partial charge in [0.25, 0.3) is 5.56 Å². The van der Waals surface area contributed by atoms with Crippen LogP contribution in [-0.2, 0) is 9.47 Å². The van der Waals surface area contributed by atoms with Gasteiger partial charge in [0.1, 0.15) is 17.8 Å². The van der Waals surface area contributed by atoms with Gasteiger partial charge in [-0.25, -0.2) is 4.79 Å². The fourth-order valence-corrected chi connectivity index (χ4v) is 3.55. The number of hydrogen-bond acceptors (Lipinski definition) is 6. The topological polar surface area (TPSA) is 114 Å². The number of aromatic nitrogens is 2. The Morgan fingerprint density at radius 1 is 1.43 bits per heavy atom. The molecule has 0 radical (unpaired) electrons. The summed E-state index contributed by atoms with van der Waals surface area (Å²) in [5.41, 5.74) is -2.56. The van der Waals surface area contributed by atoms with E-state index in [4.69, 9.17) is 9.47 Å². The van der Waals surface area contributed by atoms with E-state index < -0.39 is 40.9 Å². The summed E-state index contributed by atoms with van der Waals surface area (Å²) in [6, 6.07) is 0. The van der Waals surface area contributed by atoms with Gasteiger partial charge in [0, 0.05) is 11.8 Å². The molecule has 114 valence electrons. The molecule has 0 aromatic carbocycles. The van der Waals surface area contributed by atoms with Crippen LogP contribution in [0.5, 0.6) is 0 Å². The summed E-state index contributed by atoms with van der Waals surface area (Å²) in [6.45, 7) is 1.20. The van der Waals surface area contributed by atoms with Crippen LogP contribution >= 0.6 is 0 Å². The van der Waals surface area contributed by atoms with Gasteiger partial charge in [-0.2, -0.15) is 0 Å². The Morgan fingerprint density at radius 3 is 2.76 bits per heavy atom. The number of aliphatic hydroxyl groups is 2. The van der Waals surface area contributed by atoms with Gasteiger partial charge in [0.2, 0.25) is 0 Å². The monoisotopic (exact) mass is 296 g/mol. The molecule has 8 nitrogen and oxygen atoms in total. The Morgan fingerprint density at radius 2 is 2.14 bits per heavy atom. The largest absolute Gasteiger partial charge is 0.393 e. The number of aromatic amines is 1. The van der Waals surface area contributed by atoms with Crippen LogP contribution in [0.25, 0.3) is 0 Å². The maximum atomic E-state index is 12.0. The van der Waals surface area contributed by atoms with Crippen molar-refractivity contribution < 1.29 is 19.7 Å². The van der Waals surface area contributed by atoms with Crippen molar-refractivity contribution in [2.24, 2.45) is 0 Å². The lowest BCUT2D eigenvalue weighted by atomic mass is 9.91. The maximum Gasteiger partial charge on any atom is 0.330 e. The summed E-state index contributed by atoms with van der Waals surface area (Å²) in [7, 11) is 0. The van der Waals surface area contributed by atoms with Crippen molar-refractivity contribution in [3.05, 3.63) is 32.6 Å². The minimum atomic E-state index is -1.19. The smallest absolute Gasteiger partial charge is 0.330 e. The first-order valence-electron chi connectivity index (χ1n) is 6.91. The molecule has 1 unspecified atom stereocenters. The van der Waals surface area contributed by atoms with Gasteiger partial charge in [-0.05, 0) is 19.8 Å². The Labute approximate surface area is 118 Å². The summed E-state index contributed by atoms with van der Waals surface area (Å²) in [5, 5.41) is 20.1. The van der Waals surface area contributed by atoms with E-state index in [-0.39, 0.29) is 6.61 Å². The third-order valence-electron chi connectivity index (χ3n) is 4.89. The van der Waals surface area contributed by atoms with E-state index in [1.165, 1.54) is 10.8 Å². The van der Waals surface area contributed by atoms with Crippen LogP contribution in [0.3, 0.4) is 0 Å². The Kier molecular flexibility index (Phi) is 2.41. The molecule has 1 aromatic heterocycles. The van der Waals surface area contributed by atoms with Crippen LogP contribution in [0.2, 0.25) is 0 Å². The van der Waals surface area contributed by atoms with Crippen molar-refractivity contribution in [2.45, 2.75) is 49.4 Å². The molecule has 1 aromatic rings. The molecule has 1 saturated carbocycles. The highest BCUT2D eigenvalue weighted by Gasteiger charge is 2.78. The number of nitrogens with zero attached hydrogens (tertiary/aromatic N) is 1. The van der Waals surface area contributed by atoms with Crippen molar-refractivity contribution in [1.29, 1.82) is 0 Å². The van der Waals surface area contributed by atoms with Gasteiger partial charge in [0.15, 0.2) is 11.8 Å². The molecule has 2 aliphatic heterocycles. The highest BCUT2D eigenvalue weighted by molar-refractivity contribution is 5.25. The van der Waals surface area contributed by atoms with Crippen LogP contribution in [-0.4, -0.2) is 49.8 Å². The fraction of sp³-hybridized carbons (Fsp3) is 0.692. The number of rotatable bonds is 2. The maximum absolute atomic E-state index is 12.0. The van der Waals surface area contributed by atoms with Crippen LogP contribution in [0.4, 0.5) is 0 Å².